The first-order valence-corrected chi connectivity index (χ1v) is 10.5. The van der Waals surface area contributed by atoms with Crippen molar-refractivity contribution in [3.05, 3.63) is 41.5 Å². The topological polar surface area (TPSA) is 146 Å². The number of aliphatic carboxylic acids is 1. The Balaban J connectivity index is 1.93. The molecule has 0 aliphatic carbocycles. The summed E-state index contributed by atoms with van der Waals surface area (Å²) in [5.74, 6) is -1.16. The van der Waals surface area contributed by atoms with Gasteiger partial charge in [0.1, 0.15) is 30.0 Å². The fourth-order valence-corrected chi connectivity index (χ4v) is 3.32. The molecule has 1 aromatic rings. The number of alkyl carbamates (subject to hydrolysis) is 1. The molecular formula is C23H33NO8. The van der Waals surface area contributed by atoms with E-state index < -0.39 is 54.2 Å². The zero-order chi connectivity index (χ0) is 24.1. The van der Waals surface area contributed by atoms with E-state index in [9.17, 15) is 30.0 Å². The number of amides is 1. The van der Waals surface area contributed by atoms with E-state index in [0.717, 1.165) is 11.1 Å². The maximum absolute atomic E-state index is 11.9. The molecule has 5 N–H and O–H groups in total. The molecule has 0 aromatic heterocycles. The second-order valence-corrected chi connectivity index (χ2v) is 8.97. The Hall–Kier alpha value is -2.46. The number of ether oxygens (including phenoxy) is 2. The molecule has 3 unspecified atom stereocenters. The molecule has 0 spiro atoms. The van der Waals surface area contributed by atoms with E-state index in [-0.39, 0.29) is 6.42 Å². The van der Waals surface area contributed by atoms with Crippen molar-refractivity contribution in [2.24, 2.45) is 0 Å². The Bertz CT molecular complexity index is 801. The van der Waals surface area contributed by atoms with Crippen molar-refractivity contribution in [3.8, 4) is 0 Å². The Kier molecular flexibility index (Phi) is 8.80. The highest BCUT2D eigenvalue weighted by molar-refractivity contribution is 5.80. The second-order valence-electron chi connectivity index (χ2n) is 8.97. The van der Waals surface area contributed by atoms with Crippen LogP contribution in [0, 0.1) is 0 Å². The summed E-state index contributed by atoms with van der Waals surface area (Å²) >= 11 is 0. The van der Waals surface area contributed by atoms with Crippen LogP contribution < -0.4 is 5.32 Å². The molecule has 1 aromatic carbocycles. The normalized spacial score (nSPS) is 27.2. The number of carbonyl (C=O) groups is 2. The summed E-state index contributed by atoms with van der Waals surface area (Å²) in [6.45, 7) is 6.72. The number of carboxylic acids is 1. The quantitative estimate of drug-likeness (QED) is 0.419. The van der Waals surface area contributed by atoms with Crippen LogP contribution in [0.15, 0.2) is 30.3 Å². The highest BCUT2D eigenvalue weighted by Crippen LogP contribution is 2.23. The minimum atomic E-state index is -1.26. The van der Waals surface area contributed by atoms with E-state index in [1.165, 1.54) is 0 Å². The maximum atomic E-state index is 11.9. The van der Waals surface area contributed by atoms with Gasteiger partial charge in [-0.05, 0) is 45.2 Å². The number of aliphatic hydroxyl groups is 3. The summed E-state index contributed by atoms with van der Waals surface area (Å²) in [6, 6.07) is 6.01. The summed E-state index contributed by atoms with van der Waals surface area (Å²) in [5, 5.41) is 41.4. The van der Waals surface area contributed by atoms with Crippen LogP contribution in [0.4, 0.5) is 4.79 Å². The Labute approximate surface area is 187 Å². The second kappa shape index (κ2) is 10.9. The fourth-order valence-electron chi connectivity index (χ4n) is 3.32. The number of rotatable bonds is 7. The molecule has 1 fully saturated rings. The lowest BCUT2D eigenvalue weighted by Gasteiger charge is -2.39. The SMILES string of the molecule is CC1O[C@@H](C/C=C/c2ccc(CC(NC(=O)OC(C)(C)C)C(=O)O)cc2)C(O)[C@@H](O)[C@@H]1O. The van der Waals surface area contributed by atoms with E-state index in [0.29, 0.717) is 6.42 Å². The Morgan fingerprint density at radius 1 is 1.12 bits per heavy atom. The maximum Gasteiger partial charge on any atom is 0.408 e. The molecule has 0 radical (unpaired) electrons. The lowest BCUT2D eigenvalue weighted by molar-refractivity contribution is -0.215. The molecule has 1 saturated heterocycles. The highest BCUT2D eigenvalue weighted by Gasteiger charge is 2.40. The van der Waals surface area contributed by atoms with Gasteiger partial charge in [0.05, 0.1) is 12.2 Å². The van der Waals surface area contributed by atoms with Gasteiger partial charge in [0, 0.05) is 6.42 Å². The first-order valence-electron chi connectivity index (χ1n) is 10.5. The molecule has 1 aliphatic heterocycles. The predicted molar refractivity (Wildman–Crippen MR) is 117 cm³/mol. The van der Waals surface area contributed by atoms with Crippen molar-refractivity contribution in [2.75, 3.05) is 0 Å². The van der Waals surface area contributed by atoms with E-state index >= 15 is 0 Å². The van der Waals surface area contributed by atoms with Crippen molar-refractivity contribution in [1.82, 2.24) is 5.32 Å². The molecule has 9 nitrogen and oxygen atoms in total. The van der Waals surface area contributed by atoms with E-state index in [4.69, 9.17) is 9.47 Å². The van der Waals surface area contributed by atoms with Gasteiger partial charge in [-0.1, -0.05) is 36.4 Å². The standard InChI is InChI=1S/C23H33NO8/c1-13-18(25)20(27)19(26)17(31-13)7-5-6-14-8-10-15(11-9-14)12-16(21(28)29)24-22(30)32-23(2,3)4/h5-6,8-11,13,16-20,25-27H,7,12H2,1-4H3,(H,24,30)(H,28,29)/b6-5+/t13?,16?,17-,18+,19?,20-/m0/s1. The summed E-state index contributed by atoms with van der Waals surface area (Å²) in [6.07, 6.45) is -1.51. The number of aliphatic hydroxyl groups excluding tert-OH is 3. The van der Waals surface area contributed by atoms with Crippen LogP contribution in [0.2, 0.25) is 0 Å². The monoisotopic (exact) mass is 451 g/mol. The van der Waals surface area contributed by atoms with Gasteiger partial charge in [-0.15, -0.1) is 0 Å². The lowest BCUT2D eigenvalue weighted by atomic mass is 9.94. The van der Waals surface area contributed by atoms with Crippen LogP contribution in [0.25, 0.3) is 6.08 Å². The van der Waals surface area contributed by atoms with E-state index in [1.807, 2.05) is 6.08 Å². The van der Waals surface area contributed by atoms with Crippen molar-refractivity contribution in [2.45, 2.75) is 82.7 Å². The average Bonchev–Trinajstić information content (AvgIpc) is 2.69. The Morgan fingerprint density at radius 2 is 1.75 bits per heavy atom. The van der Waals surface area contributed by atoms with E-state index in [1.54, 1.807) is 58.0 Å². The third kappa shape index (κ3) is 7.59. The Morgan fingerprint density at radius 3 is 2.31 bits per heavy atom. The number of hydrogen-bond donors (Lipinski definition) is 5. The van der Waals surface area contributed by atoms with Gasteiger partial charge >= 0.3 is 12.1 Å². The highest BCUT2D eigenvalue weighted by atomic mass is 16.6. The number of nitrogens with one attached hydrogen (secondary N) is 1. The molecule has 9 heteroatoms. The van der Waals surface area contributed by atoms with Crippen LogP contribution in [0.3, 0.4) is 0 Å². The van der Waals surface area contributed by atoms with Gasteiger partial charge in [-0.2, -0.15) is 0 Å². The number of carbonyl (C=O) groups excluding carboxylic acids is 1. The molecule has 0 bridgehead atoms. The molecule has 2 rings (SSSR count). The molecule has 1 aliphatic rings. The molecule has 0 saturated carbocycles. The van der Waals surface area contributed by atoms with Gasteiger partial charge in [-0.3, -0.25) is 0 Å². The summed E-state index contributed by atoms with van der Waals surface area (Å²) in [7, 11) is 0. The first kappa shape index (κ1) is 25.8. The number of hydrogen-bond acceptors (Lipinski definition) is 7. The van der Waals surface area contributed by atoms with Crippen LogP contribution in [0.1, 0.15) is 45.2 Å². The minimum absolute atomic E-state index is 0.0960. The van der Waals surface area contributed by atoms with Gasteiger partial charge < -0.3 is 35.2 Å². The summed E-state index contributed by atoms with van der Waals surface area (Å²) in [5.41, 5.74) is 0.845. The molecule has 6 atom stereocenters. The lowest BCUT2D eigenvalue weighted by Crippen LogP contribution is -2.56. The molecule has 32 heavy (non-hydrogen) atoms. The van der Waals surface area contributed by atoms with Gasteiger partial charge in [0.2, 0.25) is 0 Å². The largest absolute Gasteiger partial charge is 0.480 e. The van der Waals surface area contributed by atoms with Crippen LogP contribution in [0.5, 0.6) is 0 Å². The molecule has 1 heterocycles. The third-order valence-electron chi connectivity index (χ3n) is 5.04. The first-order chi connectivity index (χ1) is 14.9. The van der Waals surface area contributed by atoms with Crippen molar-refractivity contribution >= 4 is 18.1 Å². The third-order valence-corrected chi connectivity index (χ3v) is 5.04. The zero-order valence-electron chi connectivity index (χ0n) is 18.8. The van der Waals surface area contributed by atoms with Crippen molar-refractivity contribution in [1.29, 1.82) is 0 Å². The smallest absolute Gasteiger partial charge is 0.408 e. The van der Waals surface area contributed by atoms with Gasteiger partial charge in [0.25, 0.3) is 0 Å². The predicted octanol–water partition coefficient (Wildman–Crippen LogP) is 1.48. The van der Waals surface area contributed by atoms with Crippen molar-refractivity contribution < 1.29 is 39.5 Å². The summed E-state index contributed by atoms with van der Waals surface area (Å²) in [4.78, 5) is 23.4. The van der Waals surface area contributed by atoms with Crippen molar-refractivity contribution in [3.63, 3.8) is 0 Å². The van der Waals surface area contributed by atoms with Gasteiger partial charge in [-0.25, -0.2) is 9.59 Å². The minimum Gasteiger partial charge on any atom is -0.480 e. The molecule has 178 valence electrons. The van der Waals surface area contributed by atoms with Crippen LogP contribution >= 0.6 is 0 Å². The van der Waals surface area contributed by atoms with E-state index in [2.05, 4.69) is 5.32 Å². The van der Waals surface area contributed by atoms with Crippen LogP contribution in [-0.2, 0) is 20.7 Å². The molecule has 1 amide bonds. The van der Waals surface area contributed by atoms with Gasteiger partial charge in [0.15, 0.2) is 0 Å². The summed E-state index contributed by atoms with van der Waals surface area (Å²) < 4.78 is 10.7. The van der Waals surface area contributed by atoms with Crippen LogP contribution in [-0.4, -0.2) is 74.7 Å². The molecular weight excluding hydrogens is 418 g/mol. The number of carboxylic acid groups (broad SMARTS) is 1. The fraction of sp³-hybridized carbons (Fsp3) is 0.565. The zero-order valence-corrected chi connectivity index (χ0v) is 18.8. The average molecular weight is 452 g/mol. The number of benzene rings is 1.